The van der Waals surface area contributed by atoms with Crippen LogP contribution in [0, 0.1) is 15.9 Å². The van der Waals surface area contributed by atoms with E-state index in [4.69, 9.17) is 0 Å². The van der Waals surface area contributed by atoms with Gasteiger partial charge in [0.1, 0.15) is 6.33 Å². The summed E-state index contributed by atoms with van der Waals surface area (Å²) < 4.78 is 13.1. The van der Waals surface area contributed by atoms with Gasteiger partial charge < -0.3 is 0 Å². The summed E-state index contributed by atoms with van der Waals surface area (Å²) >= 11 is 0. The van der Waals surface area contributed by atoms with Gasteiger partial charge in [-0.2, -0.15) is 4.39 Å². The van der Waals surface area contributed by atoms with E-state index in [2.05, 4.69) is 9.97 Å². The van der Waals surface area contributed by atoms with Crippen LogP contribution >= 0.6 is 0 Å². The predicted molar refractivity (Wildman–Crippen MR) is 64.0 cm³/mol. The van der Waals surface area contributed by atoms with Gasteiger partial charge in [-0.15, -0.1) is 0 Å². The molecule has 90 valence electrons. The lowest BCUT2D eigenvalue weighted by Crippen LogP contribution is -1.92. The zero-order valence-corrected chi connectivity index (χ0v) is 9.15. The molecule has 0 aliphatic carbocycles. The molecule has 0 atom stereocenters. The molecule has 0 spiro atoms. The maximum absolute atomic E-state index is 13.1. The maximum Gasteiger partial charge on any atom is 0.305 e. The molecular formula is C12H8FN3O2. The molecule has 1 aromatic carbocycles. The predicted octanol–water partition coefficient (Wildman–Crippen LogP) is 2.69. The van der Waals surface area contributed by atoms with Gasteiger partial charge in [-0.05, 0) is 23.8 Å². The summed E-state index contributed by atoms with van der Waals surface area (Å²) in [5.74, 6) is -0.848. The van der Waals surface area contributed by atoms with Gasteiger partial charge in [-0.1, -0.05) is 12.1 Å². The molecule has 0 aliphatic rings. The third-order valence-corrected chi connectivity index (χ3v) is 2.22. The van der Waals surface area contributed by atoms with Crippen molar-refractivity contribution in [3.8, 4) is 0 Å². The summed E-state index contributed by atoms with van der Waals surface area (Å²) in [5, 5.41) is 10.6. The van der Waals surface area contributed by atoms with Crippen molar-refractivity contribution in [2.45, 2.75) is 0 Å². The lowest BCUT2D eigenvalue weighted by atomic mass is 10.1. The van der Waals surface area contributed by atoms with Gasteiger partial charge in [0, 0.05) is 12.3 Å². The summed E-state index contributed by atoms with van der Waals surface area (Å²) in [4.78, 5) is 17.5. The monoisotopic (exact) mass is 245 g/mol. The van der Waals surface area contributed by atoms with Gasteiger partial charge in [0.25, 0.3) is 0 Å². The van der Waals surface area contributed by atoms with Crippen LogP contribution in [0.1, 0.15) is 11.3 Å². The van der Waals surface area contributed by atoms with Gasteiger partial charge in [0.05, 0.1) is 10.6 Å². The molecule has 2 aromatic rings. The van der Waals surface area contributed by atoms with E-state index in [1.807, 2.05) is 0 Å². The Morgan fingerprint density at radius 2 is 2.11 bits per heavy atom. The number of rotatable bonds is 3. The highest BCUT2D eigenvalue weighted by atomic mass is 19.1. The number of nitro groups is 1. The molecule has 0 N–H and O–H groups in total. The summed E-state index contributed by atoms with van der Waals surface area (Å²) in [6, 6.07) is 5.39. The highest BCUT2D eigenvalue weighted by Crippen LogP contribution is 2.19. The molecule has 1 heterocycles. The molecule has 1 aromatic heterocycles. The molecule has 5 nitrogen and oxygen atoms in total. The Labute approximate surface area is 102 Å². The van der Waals surface area contributed by atoms with Crippen LogP contribution in [0.3, 0.4) is 0 Å². The molecule has 0 bridgehead atoms. The Hall–Kier alpha value is -2.63. The number of halogens is 1. The van der Waals surface area contributed by atoms with E-state index in [-0.39, 0.29) is 0 Å². The SMILES string of the molecule is O=[N+]([O-])c1cc(/C=C/c2ccncn2)ccc1F. The zero-order chi connectivity index (χ0) is 13.0. The molecular weight excluding hydrogens is 237 g/mol. The largest absolute Gasteiger partial charge is 0.305 e. The van der Waals surface area contributed by atoms with Crippen molar-refractivity contribution in [2.24, 2.45) is 0 Å². The highest BCUT2D eigenvalue weighted by Gasteiger charge is 2.13. The first-order chi connectivity index (χ1) is 8.66. The van der Waals surface area contributed by atoms with Gasteiger partial charge in [0.15, 0.2) is 0 Å². The van der Waals surface area contributed by atoms with E-state index in [9.17, 15) is 14.5 Å². The minimum absolute atomic E-state index is 0.529. The number of nitro benzene ring substituents is 1. The van der Waals surface area contributed by atoms with Crippen molar-refractivity contribution < 1.29 is 9.31 Å². The van der Waals surface area contributed by atoms with Crippen molar-refractivity contribution in [3.63, 3.8) is 0 Å². The lowest BCUT2D eigenvalue weighted by Gasteiger charge is -1.96. The van der Waals surface area contributed by atoms with E-state index >= 15 is 0 Å². The first-order valence-corrected chi connectivity index (χ1v) is 5.05. The first-order valence-electron chi connectivity index (χ1n) is 5.05. The number of aromatic nitrogens is 2. The molecule has 0 saturated carbocycles. The highest BCUT2D eigenvalue weighted by molar-refractivity contribution is 5.68. The summed E-state index contributed by atoms with van der Waals surface area (Å²) in [7, 11) is 0. The van der Waals surface area contributed by atoms with Crippen LogP contribution in [0.5, 0.6) is 0 Å². The average Bonchev–Trinajstić information content (AvgIpc) is 2.38. The Morgan fingerprint density at radius 1 is 1.28 bits per heavy atom. The lowest BCUT2D eigenvalue weighted by molar-refractivity contribution is -0.387. The Bertz CT molecular complexity index is 600. The molecule has 0 unspecified atom stereocenters. The Morgan fingerprint density at radius 3 is 2.78 bits per heavy atom. The van der Waals surface area contributed by atoms with Gasteiger partial charge in [-0.3, -0.25) is 10.1 Å². The molecule has 2 rings (SSSR count). The minimum atomic E-state index is -0.848. The first kappa shape index (κ1) is 11.8. The third kappa shape index (κ3) is 2.73. The van der Waals surface area contributed by atoms with Crippen LogP contribution in [0.15, 0.2) is 36.8 Å². The van der Waals surface area contributed by atoms with Gasteiger partial charge >= 0.3 is 5.69 Å². The fourth-order valence-electron chi connectivity index (χ4n) is 1.35. The van der Waals surface area contributed by atoms with Crippen molar-refractivity contribution in [3.05, 3.63) is 64.0 Å². The Balaban J connectivity index is 2.28. The van der Waals surface area contributed by atoms with Gasteiger partial charge in [-0.25, -0.2) is 9.97 Å². The molecule has 0 fully saturated rings. The number of hydrogen-bond acceptors (Lipinski definition) is 4. The summed E-state index contributed by atoms with van der Waals surface area (Å²) in [6.07, 6.45) is 6.26. The van der Waals surface area contributed by atoms with Crippen molar-refractivity contribution in [2.75, 3.05) is 0 Å². The molecule has 6 heteroatoms. The van der Waals surface area contributed by atoms with Crippen molar-refractivity contribution in [1.29, 1.82) is 0 Å². The minimum Gasteiger partial charge on any atom is -0.258 e. The quantitative estimate of drug-likeness (QED) is 0.615. The fraction of sp³-hybridized carbons (Fsp3) is 0. The summed E-state index contributed by atoms with van der Waals surface area (Å²) in [5.41, 5.74) is 0.651. The maximum atomic E-state index is 13.1. The van der Waals surface area contributed by atoms with Crippen LogP contribution in [0.25, 0.3) is 12.2 Å². The number of hydrogen-bond donors (Lipinski definition) is 0. The number of benzene rings is 1. The second kappa shape index (κ2) is 5.13. The van der Waals surface area contributed by atoms with E-state index < -0.39 is 16.4 Å². The van der Waals surface area contributed by atoms with Crippen LogP contribution in [-0.2, 0) is 0 Å². The second-order valence-electron chi connectivity index (χ2n) is 3.44. The standard InChI is InChI=1S/C12H8FN3O2/c13-11-4-2-9(7-12(11)16(17)18)1-3-10-5-6-14-8-15-10/h1-8H/b3-1+. The smallest absolute Gasteiger partial charge is 0.258 e. The van der Waals surface area contributed by atoms with Crippen molar-refractivity contribution >= 4 is 17.8 Å². The van der Waals surface area contributed by atoms with E-state index in [0.29, 0.717) is 11.3 Å². The fourth-order valence-corrected chi connectivity index (χ4v) is 1.35. The van der Waals surface area contributed by atoms with Crippen LogP contribution in [-0.4, -0.2) is 14.9 Å². The average molecular weight is 245 g/mol. The molecule has 0 aliphatic heterocycles. The van der Waals surface area contributed by atoms with Crippen LogP contribution in [0.4, 0.5) is 10.1 Å². The van der Waals surface area contributed by atoms with E-state index in [1.165, 1.54) is 18.5 Å². The van der Waals surface area contributed by atoms with Crippen LogP contribution in [0.2, 0.25) is 0 Å². The number of nitrogens with zero attached hydrogens (tertiary/aromatic N) is 3. The third-order valence-electron chi connectivity index (χ3n) is 2.22. The second-order valence-corrected chi connectivity index (χ2v) is 3.44. The van der Waals surface area contributed by atoms with Gasteiger partial charge in [0.2, 0.25) is 5.82 Å². The molecule has 0 amide bonds. The van der Waals surface area contributed by atoms with Crippen LogP contribution < -0.4 is 0 Å². The molecule has 0 saturated heterocycles. The topological polar surface area (TPSA) is 68.9 Å². The molecule has 0 radical (unpaired) electrons. The molecule has 18 heavy (non-hydrogen) atoms. The van der Waals surface area contributed by atoms with E-state index in [1.54, 1.807) is 24.4 Å². The Kier molecular flexibility index (Phi) is 3.38. The van der Waals surface area contributed by atoms with Crippen molar-refractivity contribution in [1.82, 2.24) is 9.97 Å². The summed E-state index contributed by atoms with van der Waals surface area (Å²) in [6.45, 7) is 0. The normalized spacial score (nSPS) is 10.7. The van der Waals surface area contributed by atoms with E-state index in [0.717, 1.165) is 6.07 Å². The zero-order valence-electron chi connectivity index (χ0n) is 9.15.